The number of aromatic amines is 1. The molecule has 0 atom stereocenters. The Morgan fingerprint density at radius 3 is 2.88 bits per heavy atom. The zero-order valence-electron chi connectivity index (χ0n) is 10.2. The highest BCUT2D eigenvalue weighted by Gasteiger charge is 2.15. The number of likely N-dealkylation sites (tertiary alicyclic amines) is 1. The first-order valence-corrected chi connectivity index (χ1v) is 6.46. The highest BCUT2D eigenvalue weighted by atomic mass is 16.2. The summed E-state index contributed by atoms with van der Waals surface area (Å²) >= 11 is 0. The zero-order chi connectivity index (χ0) is 11.9. The number of H-pyrrole nitrogens is 1. The van der Waals surface area contributed by atoms with E-state index >= 15 is 0 Å². The molecule has 0 aliphatic carbocycles. The quantitative estimate of drug-likeness (QED) is 0.760. The van der Waals surface area contributed by atoms with E-state index in [9.17, 15) is 4.79 Å². The first-order chi connectivity index (χ1) is 8.36. The lowest BCUT2D eigenvalue weighted by atomic mass is 10.1. The van der Waals surface area contributed by atoms with E-state index in [2.05, 4.69) is 10.3 Å². The number of amides is 1. The van der Waals surface area contributed by atoms with Crippen LogP contribution in [0.15, 0.2) is 18.5 Å². The van der Waals surface area contributed by atoms with E-state index in [-0.39, 0.29) is 0 Å². The van der Waals surface area contributed by atoms with Gasteiger partial charge in [0.25, 0.3) is 0 Å². The van der Waals surface area contributed by atoms with Gasteiger partial charge in [-0.1, -0.05) is 0 Å². The number of nitrogens with zero attached hydrogens (tertiary/aromatic N) is 1. The molecule has 2 heterocycles. The van der Waals surface area contributed by atoms with Crippen LogP contribution in [0.25, 0.3) is 0 Å². The lowest BCUT2D eigenvalue weighted by Gasteiger charge is -2.26. The van der Waals surface area contributed by atoms with Crippen LogP contribution in [0.4, 0.5) is 0 Å². The van der Waals surface area contributed by atoms with Crippen molar-refractivity contribution in [3.05, 3.63) is 24.0 Å². The number of piperidine rings is 1. The van der Waals surface area contributed by atoms with Gasteiger partial charge in [-0.25, -0.2) is 0 Å². The number of carbonyl (C=O) groups excluding carboxylic acids is 1. The lowest BCUT2D eigenvalue weighted by Crippen LogP contribution is -2.37. The summed E-state index contributed by atoms with van der Waals surface area (Å²) in [6.45, 7) is 3.50. The second-order valence-corrected chi connectivity index (χ2v) is 4.59. The second kappa shape index (κ2) is 6.45. The minimum atomic E-state index is 0.297. The maximum Gasteiger partial charge on any atom is 0.223 e. The molecule has 2 N–H and O–H groups in total. The Balaban J connectivity index is 1.59. The first kappa shape index (κ1) is 12.2. The van der Waals surface area contributed by atoms with E-state index in [1.807, 2.05) is 23.4 Å². The average molecular weight is 235 g/mol. The highest BCUT2D eigenvalue weighted by Crippen LogP contribution is 2.09. The molecular weight excluding hydrogens is 214 g/mol. The molecule has 1 aliphatic heterocycles. The van der Waals surface area contributed by atoms with Crippen LogP contribution in [0.2, 0.25) is 0 Å². The standard InChI is InChI=1S/C13H21N3O/c17-13(16-8-2-1-3-9-16)5-7-15-11-12-4-6-14-10-12/h4,6,10,14-15H,1-3,5,7-9,11H2. The van der Waals surface area contributed by atoms with Crippen molar-refractivity contribution in [3.63, 3.8) is 0 Å². The van der Waals surface area contributed by atoms with Crippen LogP contribution in [0, 0.1) is 0 Å². The van der Waals surface area contributed by atoms with Gasteiger partial charge in [0.05, 0.1) is 0 Å². The van der Waals surface area contributed by atoms with E-state index in [0.717, 1.165) is 26.2 Å². The van der Waals surface area contributed by atoms with Crippen molar-refractivity contribution in [1.29, 1.82) is 0 Å². The van der Waals surface area contributed by atoms with Gasteiger partial charge in [-0.15, -0.1) is 0 Å². The fourth-order valence-electron chi connectivity index (χ4n) is 2.20. The Hall–Kier alpha value is -1.29. The number of aromatic nitrogens is 1. The molecule has 0 unspecified atom stereocenters. The molecule has 0 spiro atoms. The summed E-state index contributed by atoms with van der Waals surface area (Å²) < 4.78 is 0. The van der Waals surface area contributed by atoms with Crippen LogP contribution >= 0.6 is 0 Å². The third kappa shape index (κ3) is 3.89. The fourth-order valence-corrected chi connectivity index (χ4v) is 2.20. The molecule has 1 aromatic rings. The van der Waals surface area contributed by atoms with Crippen molar-refractivity contribution in [2.24, 2.45) is 0 Å². The molecule has 4 nitrogen and oxygen atoms in total. The van der Waals surface area contributed by atoms with E-state index in [1.165, 1.54) is 24.8 Å². The minimum absolute atomic E-state index is 0.297. The monoisotopic (exact) mass is 235 g/mol. The molecule has 1 aliphatic rings. The number of rotatable bonds is 5. The normalized spacial score (nSPS) is 16.1. The van der Waals surface area contributed by atoms with E-state index < -0.39 is 0 Å². The molecule has 2 rings (SSSR count). The van der Waals surface area contributed by atoms with Gasteiger partial charge in [0.15, 0.2) is 0 Å². The summed E-state index contributed by atoms with van der Waals surface area (Å²) in [6, 6.07) is 2.04. The molecule has 1 fully saturated rings. The first-order valence-electron chi connectivity index (χ1n) is 6.46. The van der Waals surface area contributed by atoms with Crippen molar-refractivity contribution in [2.45, 2.75) is 32.2 Å². The van der Waals surface area contributed by atoms with Crippen molar-refractivity contribution in [3.8, 4) is 0 Å². The minimum Gasteiger partial charge on any atom is -0.367 e. The number of hydrogen-bond acceptors (Lipinski definition) is 2. The van der Waals surface area contributed by atoms with Crippen LogP contribution in [0.3, 0.4) is 0 Å². The Labute approximate surface area is 102 Å². The predicted molar refractivity (Wildman–Crippen MR) is 67.5 cm³/mol. The second-order valence-electron chi connectivity index (χ2n) is 4.59. The van der Waals surface area contributed by atoms with Crippen molar-refractivity contribution in [2.75, 3.05) is 19.6 Å². The van der Waals surface area contributed by atoms with Crippen LogP contribution < -0.4 is 5.32 Å². The summed E-state index contributed by atoms with van der Waals surface area (Å²) in [6.07, 6.45) is 8.11. The maximum absolute atomic E-state index is 11.8. The zero-order valence-corrected chi connectivity index (χ0v) is 10.2. The highest BCUT2D eigenvalue weighted by molar-refractivity contribution is 5.76. The average Bonchev–Trinajstić information content (AvgIpc) is 2.88. The Morgan fingerprint density at radius 2 is 2.18 bits per heavy atom. The molecule has 94 valence electrons. The topological polar surface area (TPSA) is 48.1 Å². The van der Waals surface area contributed by atoms with Crippen molar-refractivity contribution < 1.29 is 4.79 Å². The molecule has 0 aromatic carbocycles. The van der Waals surface area contributed by atoms with Gasteiger partial charge in [-0.2, -0.15) is 0 Å². The summed E-state index contributed by atoms with van der Waals surface area (Å²) in [5.41, 5.74) is 1.23. The van der Waals surface area contributed by atoms with Crippen molar-refractivity contribution >= 4 is 5.91 Å². The van der Waals surface area contributed by atoms with Gasteiger partial charge in [0.1, 0.15) is 0 Å². The van der Waals surface area contributed by atoms with Crippen LogP contribution in [-0.2, 0) is 11.3 Å². The molecular formula is C13H21N3O. The number of carbonyl (C=O) groups is 1. The number of nitrogens with one attached hydrogen (secondary N) is 2. The smallest absolute Gasteiger partial charge is 0.223 e. The van der Waals surface area contributed by atoms with Gasteiger partial charge in [0, 0.05) is 45.0 Å². The van der Waals surface area contributed by atoms with Gasteiger partial charge in [0.2, 0.25) is 5.91 Å². The summed E-state index contributed by atoms with van der Waals surface area (Å²) in [4.78, 5) is 16.9. The van der Waals surface area contributed by atoms with Crippen LogP contribution in [0.5, 0.6) is 0 Å². The molecule has 17 heavy (non-hydrogen) atoms. The third-order valence-electron chi connectivity index (χ3n) is 3.22. The Bertz CT molecular complexity index is 328. The fraction of sp³-hybridized carbons (Fsp3) is 0.615. The SMILES string of the molecule is O=C(CCNCc1cc[nH]c1)N1CCCCC1. The number of hydrogen-bond donors (Lipinski definition) is 2. The molecule has 4 heteroatoms. The molecule has 1 aromatic heterocycles. The van der Waals surface area contributed by atoms with E-state index in [1.54, 1.807) is 0 Å². The Kier molecular flexibility index (Phi) is 4.62. The lowest BCUT2D eigenvalue weighted by molar-refractivity contribution is -0.131. The molecule has 0 saturated carbocycles. The van der Waals surface area contributed by atoms with E-state index in [0.29, 0.717) is 12.3 Å². The van der Waals surface area contributed by atoms with Crippen LogP contribution in [-0.4, -0.2) is 35.4 Å². The van der Waals surface area contributed by atoms with Gasteiger partial charge in [-0.3, -0.25) is 4.79 Å². The molecule has 0 radical (unpaired) electrons. The summed E-state index contributed by atoms with van der Waals surface area (Å²) in [5.74, 6) is 0.297. The van der Waals surface area contributed by atoms with Gasteiger partial charge >= 0.3 is 0 Å². The Morgan fingerprint density at radius 1 is 1.35 bits per heavy atom. The summed E-state index contributed by atoms with van der Waals surface area (Å²) in [7, 11) is 0. The summed E-state index contributed by atoms with van der Waals surface area (Å²) in [5, 5.41) is 3.29. The molecule has 1 saturated heterocycles. The maximum atomic E-state index is 11.8. The van der Waals surface area contributed by atoms with Gasteiger partial charge in [-0.05, 0) is 30.9 Å². The molecule has 0 bridgehead atoms. The molecule has 1 amide bonds. The van der Waals surface area contributed by atoms with Gasteiger partial charge < -0.3 is 15.2 Å². The predicted octanol–water partition coefficient (Wildman–Crippen LogP) is 1.51. The third-order valence-corrected chi connectivity index (χ3v) is 3.22. The van der Waals surface area contributed by atoms with E-state index in [4.69, 9.17) is 0 Å². The van der Waals surface area contributed by atoms with Crippen molar-refractivity contribution in [1.82, 2.24) is 15.2 Å². The van der Waals surface area contributed by atoms with Crippen LogP contribution in [0.1, 0.15) is 31.2 Å². The largest absolute Gasteiger partial charge is 0.367 e.